The summed E-state index contributed by atoms with van der Waals surface area (Å²) >= 11 is 0. The first-order valence-electron chi connectivity index (χ1n) is 9.17. The molecule has 0 aromatic carbocycles. The number of rotatable bonds is 16. The van der Waals surface area contributed by atoms with Crippen LogP contribution in [0.4, 0.5) is 0 Å². The number of amides is 1. The fourth-order valence-electron chi connectivity index (χ4n) is 2.58. The van der Waals surface area contributed by atoms with Crippen molar-refractivity contribution >= 4 is 17.8 Å². The number of hydrogen-bond donors (Lipinski definition) is 1. The van der Waals surface area contributed by atoms with Gasteiger partial charge in [-0.1, -0.05) is 71.1 Å². The van der Waals surface area contributed by atoms with Crippen LogP contribution in [0.25, 0.3) is 0 Å². The molecule has 0 aromatic rings. The van der Waals surface area contributed by atoms with E-state index < -0.39 is 30.3 Å². The van der Waals surface area contributed by atoms with Gasteiger partial charge in [0.15, 0.2) is 0 Å². The molecule has 1 amide bonds. The van der Waals surface area contributed by atoms with Crippen molar-refractivity contribution in [2.24, 2.45) is 0 Å². The molecule has 1 N–H and O–H groups in total. The first-order chi connectivity index (χ1) is 11.5. The minimum atomic E-state index is -1.61. The third kappa shape index (κ3) is 22.0. The maximum atomic E-state index is 11.6. The molecule has 0 aromatic heterocycles. The van der Waals surface area contributed by atoms with E-state index in [2.05, 4.69) is 12.2 Å². The topological polar surface area (TPSA) is 109 Å². The number of carboxylic acids is 2. The van der Waals surface area contributed by atoms with Crippen LogP contribution < -0.4 is 118 Å². The van der Waals surface area contributed by atoms with Gasteiger partial charge in [-0.2, -0.15) is 0 Å². The van der Waals surface area contributed by atoms with Crippen LogP contribution in [0.15, 0.2) is 0 Å². The standard InChI is InChI=1S/C18H33NO5.2K/c1-2-3-4-5-6-7-8-9-10-11-12-13-16(20)19-15(18(23)24)14-17(21)22;;/h15H,2-14H2,1H3,(H,19,20)(H,21,22)(H,23,24);;/q;2*+1/p-2/t15-;;/m0../s1. The first-order valence-corrected chi connectivity index (χ1v) is 9.17. The zero-order valence-corrected chi connectivity index (χ0v) is 23.1. The molecule has 0 radical (unpaired) electrons. The van der Waals surface area contributed by atoms with Gasteiger partial charge < -0.3 is 25.1 Å². The second-order valence-corrected chi connectivity index (χ2v) is 6.30. The predicted octanol–water partition coefficient (Wildman–Crippen LogP) is -4.93. The number of unbranched alkanes of at least 4 members (excludes halogenated alkanes) is 10. The summed E-state index contributed by atoms with van der Waals surface area (Å²) in [5.41, 5.74) is 0. The minimum Gasteiger partial charge on any atom is -0.550 e. The van der Waals surface area contributed by atoms with Gasteiger partial charge in [0.2, 0.25) is 5.91 Å². The molecule has 26 heavy (non-hydrogen) atoms. The Hall–Kier alpha value is 1.68. The summed E-state index contributed by atoms with van der Waals surface area (Å²) < 4.78 is 0. The van der Waals surface area contributed by atoms with Crippen molar-refractivity contribution in [3.8, 4) is 0 Å². The Morgan fingerprint density at radius 2 is 1.19 bits per heavy atom. The smallest absolute Gasteiger partial charge is 0.550 e. The molecule has 0 saturated heterocycles. The number of carbonyl (C=O) groups excluding carboxylic acids is 3. The Morgan fingerprint density at radius 1 is 0.769 bits per heavy atom. The summed E-state index contributed by atoms with van der Waals surface area (Å²) in [6, 6.07) is -1.52. The van der Waals surface area contributed by atoms with Crippen LogP contribution in [0.5, 0.6) is 0 Å². The van der Waals surface area contributed by atoms with Gasteiger partial charge in [-0.15, -0.1) is 0 Å². The van der Waals surface area contributed by atoms with Gasteiger partial charge in [0.25, 0.3) is 0 Å². The Labute approximate surface area is 242 Å². The molecule has 0 saturated carbocycles. The normalized spacial score (nSPS) is 11.0. The molecule has 0 fully saturated rings. The second-order valence-electron chi connectivity index (χ2n) is 6.30. The predicted molar refractivity (Wildman–Crippen MR) is 87.6 cm³/mol. The molecule has 0 aliphatic heterocycles. The van der Waals surface area contributed by atoms with Gasteiger partial charge in [-0.05, 0) is 6.42 Å². The van der Waals surface area contributed by atoms with Gasteiger partial charge >= 0.3 is 103 Å². The Kier molecular flexibility index (Phi) is 28.6. The van der Waals surface area contributed by atoms with Gasteiger partial charge in [0, 0.05) is 18.8 Å². The Balaban J connectivity index is -0.00000264. The van der Waals surface area contributed by atoms with E-state index in [0.29, 0.717) is 6.42 Å². The molecule has 140 valence electrons. The summed E-state index contributed by atoms with van der Waals surface area (Å²) in [6.07, 6.45) is 12.3. The number of carbonyl (C=O) groups is 3. The van der Waals surface area contributed by atoms with E-state index in [0.717, 1.165) is 19.3 Å². The fraction of sp³-hybridized carbons (Fsp3) is 0.833. The fourth-order valence-corrected chi connectivity index (χ4v) is 2.58. The van der Waals surface area contributed by atoms with Crippen molar-refractivity contribution < 1.29 is 127 Å². The van der Waals surface area contributed by atoms with E-state index in [-0.39, 0.29) is 109 Å². The Bertz CT molecular complexity index is 381. The average molecular weight is 420 g/mol. The van der Waals surface area contributed by atoms with E-state index in [9.17, 15) is 24.6 Å². The number of aliphatic carboxylic acids is 2. The third-order valence-corrected chi connectivity index (χ3v) is 4.00. The van der Waals surface area contributed by atoms with Crippen LogP contribution in [0.3, 0.4) is 0 Å². The van der Waals surface area contributed by atoms with Gasteiger partial charge in [0.1, 0.15) is 0 Å². The molecule has 0 aliphatic rings. The molecule has 0 heterocycles. The average Bonchev–Trinajstić information content (AvgIpc) is 2.51. The minimum absolute atomic E-state index is 0. The summed E-state index contributed by atoms with van der Waals surface area (Å²) in [7, 11) is 0. The molecule has 8 heteroatoms. The van der Waals surface area contributed by atoms with Gasteiger partial charge in [0.05, 0.1) is 12.0 Å². The Morgan fingerprint density at radius 3 is 1.58 bits per heavy atom. The first kappa shape index (κ1) is 32.4. The van der Waals surface area contributed by atoms with Crippen LogP contribution in [0, 0.1) is 0 Å². The second kappa shape index (κ2) is 23.0. The zero-order valence-electron chi connectivity index (χ0n) is 16.8. The zero-order chi connectivity index (χ0) is 18.2. The van der Waals surface area contributed by atoms with Crippen LogP contribution in [-0.2, 0) is 14.4 Å². The SMILES string of the molecule is CCCCCCCCCCCCCC(=O)N[C@@H](CC(=O)[O-])C(=O)[O-].[K+].[K+]. The third-order valence-electron chi connectivity index (χ3n) is 4.00. The van der Waals surface area contributed by atoms with Crippen molar-refractivity contribution in [2.45, 2.75) is 96.4 Å². The van der Waals surface area contributed by atoms with E-state index >= 15 is 0 Å². The van der Waals surface area contributed by atoms with E-state index in [1.807, 2.05) is 0 Å². The molecule has 0 aliphatic carbocycles. The van der Waals surface area contributed by atoms with Gasteiger partial charge in [-0.3, -0.25) is 4.79 Å². The van der Waals surface area contributed by atoms with Crippen LogP contribution in [0.1, 0.15) is 90.4 Å². The van der Waals surface area contributed by atoms with E-state index in [1.54, 1.807) is 0 Å². The number of carboxylic acid groups (broad SMARTS) is 2. The van der Waals surface area contributed by atoms with E-state index in [1.165, 1.54) is 44.9 Å². The van der Waals surface area contributed by atoms with Gasteiger partial charge in [-0.25, -0.2) is 0 Å². The van der Waals surface area contributed by atoms with Crippen LogP contribution >= 0.6 is 0 Å². The quantitative estimate of drug-likeness (QED) is 0.199. The maximum absolute atomic E-state index is 11.6. The summed E-state index contributed by atoms with van der Waals surface area (Å²) in [5, 5.41) is 23.3. The maximum Gasteiger partial charge on any atom is 1.00 e. The number of nitrogens with one attached hydrogen (secondary N) is 1. The van der Waals surface area contributed by atoms with Crippen molar-refractivity contribution in [3.63, 3.8) is 0 Å². The summed E-state index contributed by atoms with van der Waals surface area (Å²) in [4.78, 5) is 32.7. The molecular weight excluding hydrogens is 388 g/mol. The summed E-state index contributed by atoms with van der Waals surface area (Å²) in [5.74, 6) is -3.59. The van der Waals surface area contributed by atoms with Crippen molar-refractivity contribution in [1.29, 1.82) is 0 Å². The molecule has 0 spiro atoms. The van der Waals surface area contributed by atoms with Crippen molar-refractivity contribution in [1.82, 2.24) is 5.32 Å². The molecule has 0 bridgehead atoms. The molecule has 1 atom stereocenters. The molecule has 6 nitrogen and oxygen atoms in total. The number of hydrogen-bond acceptors (Lipinski definition) is 5. The van der Waals surface area contributed by atoms with Crippen molar-refractivity contribution in [3.05, 3.63) is 0 Å². The largest absolute Gasteiger partial charge is 1.00 e. The molecule has 0 rings (SSSR count). The monoisotopic (exact) mass is 419 g/mol. The van der Waals surface area contributed by atoms with E-state index in [4.69, 9.17) is 0 Å². The van der Waals surface area contributed by atoms with Crippen molar-refractivity contribution in [2.75, 3.05) is 0 Å². The molecular formula is C18H31K2NO5. The summed E-state index contributed by atoms with van der Waals surface area (Å²) in [6.45, 7) is 2.21. The van der Waals surface area contributed by atoms with Crippen LogP contribution in [0.2, 0.25) is 0 Å². The van der Waals surface area contributed by atoms with Crippen LogP contribution in [-0.4, -0.2) is 23.9 Å². The molecule has 0 unspecified atom stereocenters.